The van der Waals surface area contributed by atoms with Crippen molar-refractivity contribution >= 4 is 17.4 Å². The van der Waals surface area contributed by atoms with E-state index in [-0.39, 0.29) is 5.91 Å². The van der Waals surface area contributed by atoms with Crippen molar-refractivity contribution in [2.45, 2.75) is 19.9 Å². The highest BCUT2D eigenvalue weighted by Gasteiger charge is 2.21. The van der Waals surface area contributed by atoms with Crippen molar-refractivity contribution in [3.8, 4) is 0 Å². The molecule has 4 rings (SSSR count). The number of anilines is 2. The fourth-order valence-corrected chi connectivity index (χ4v) is 3.46. The number of amides is 1. The van der Waals surface area contributed by atoms with E-state index in [9.17, 15) is 4.79 Å². The number of carbonyl (C=O) groups excluding carboxylic acids is 1. The van der Waals surface area contributed by atoms with Gasteiger partial charge >= 0.3 is 0 Å². The fraction of sp³-hybridized carbons (Fsp3) is 0.227. The molecule has 0 saturated heterocycles. The highest BCUT2D eigenvalue weighted by molar-refractivity contribution is 6.04. The zero-order chi connectivity index (χ0) is 18.8. The summed E-state index contributed by atoms with van der Waals surface area (Å²) >= 11 is 0. The number of hydrogen-bond acceptors (Lipinski definition) is 4. The van der Waals surface area contributed by atoms with Crippen LogP contribution in [0.4, 0.5) is 11.5 Å². The standard InChI is InChI=1S/C22H22N4O/c1-16-23-20(22(27)25(2)19-10-4-3-5-11-19)14-21(24-16)26-13-12-17-8-6-7-9-18(17)15-26/h3-11,14H,12-13,15H2,1-2H3. The average molecular weight is 358 g/mol. The third kappa shape index (κ3) is 3.53. The van der Waals surface area contributed by atoms with E-state index in [1.165, 1.54) is 11.1 Å². The molecule has 1 aromatic heterocycles. The second-order valence-electron chi connectivity index (χ2n) is 6.80. The molecule has 2 heterocycles. The number of carbonyl (C=O) groups is 1. The number of aryl methyl sites for hydroxylation is 1. The third-order valence-electron chi connectivity index (χ3n) is 4.95. The number of para-hydroxylation sites is 1. The number of fused-ring (bicyclic) bond motifs is 1. The molecular weight excluding hydrogens is 336 g/mol. The van der Waals surface area contributed by atoms with Crippen LogP contribution in [0.3, 0.4) is 0 Å². The lowest BCUT2D eigenvalue weighted by molar-refractivity contribution is 0.0988. The van der Waals surface area contributed by atoms with Crippen LogP contribution in [0.5, 0.6) is 0 Å². The van der Waals surface area contributed by atoms with E-state index in [1.54, 1.807) is 11.9 Å². The lowest BCUT2D eigenvalue weighted by atomic mass is 10.00. The minimum absolute atomic E-state index is 0.134. The largest absolute Gasteiger partial charge is 0.352 e. The van der Waals surface area contributed by atoms with Gasteiger partial charge in [0.2, 0.25) is 0 Å². The van der Waals surface area contributed by atoms with E-state index in [0.717, 1.165) is 31.0 Å². The van der Waals surface area contributed by atoms with Crippen molar-refractivity contribution in [2.75, 3.05) is 23.4 Å². The first-order chi connectivity index (χ1) is 13.1. The molecule has 0 N–H and O–H groups in total. The van der Waals surface area contributed by atoms with Gasteiger partial charge in [0.25, 0.3) is 5.91 Å². The van der Waals surface area contributed by atoms with E-state index >= 15 is 0 Å². The number of nitrogens with zero attached hydrogens (tertiary/aromatic N) is 4. The molecule has 5 heteroatoms. The molecule has 0 atom stereocenters. The van der Waals surface area contributed by atoms with Gasteiger partial charge < -0.3 is 9.80 Å². The Balaban J connectivity index is 1.61. The Morgan fingerprint density at radius 1 is 1.00 bits per heavy atom. The molecule has 27 heavy (non-hydrogen) atoms. The summed E-state index contributed by atoms with van der Waals surface area (Å²) in [5, 5.41) is 0. The van der Waals surface area contributed by atoms with Gasteiger partial charge in [0.05, 0.1) is 0 Å². The van der Waals surface area contributed by atoms with Gasteiger partial charge in [-0.25, -0.2) is 9.97 Å². The molecule has 0 saturated carbocycles. The first-order valence-corrected chi connectivity index (χ1v) is 9.12. The highest BCUT2D eigenvalue weighted by Crippen LogP contribution is 2.24. The van der Waals surface area contributed by atoms with Gasteiger partial charge in [-0.3, -0.25) is 4.79 Å². The number of aromatic nitrogens is 2. The maximum absolute atomic E-state index is 12.9. The Morgan fingerprint density at radius 3 is 2.48 bits per heavy atom. The summed E-state index contributed by atoms with van der Waals surface area (Å²) in [7, 11) is 1.77. The molecule has 1 aliphatic rings. The lowest BCUT2D eigenvalue weighted by Crippen LogP contribution is -2.32. The molecule has 0 radical (unpaired) electrons. The smallest absolute Gasteiger partial charge is 0.276 e. The van der Waals surface area contributed by atoms with Gasteiger partial charge in [-0.05, 0) is 36.6 Å². The second kappa shape index (κ2) is 7.19. The molecule has 0 bridgehead atoms. The quantitative estimate of drug-likeness (QED) is 0.717. The summed E-state index contributed by atoms with van der Waals surface area (Å²) in [6, 6.07) is 19.9. The Morgan fingerprint density at radius 2 is 1.70 bits per heavy atom. The molecule has 2 aromatic carbocycles. The minimum atomic E-state index is -0.134. The van der Waals surface area contributed by atoms with Gasteiger partial charge in [0.1, 0.15) is 17.3 Å². The van der Waals surface area contributed by atoms with Crippen LogP contribution < -0.4 is 9.80 Å². The summed E-state index contributed by atoms with van der Waals surface area (Å²) in [5.74, 6) is 1.28. The normalized spacial score (nSPS) is 13.2. The number of hydrogen-bond donors (Lipinski definition) is 0. The van der Waals surface area contributed by atoms with Crippen LogP contribution in [0.15, 0.2) is 60.7 Å². The van der Waals surface area contributed by atoms with Crippen molar-refractivity contribution < 1.29 is 4.79 Å². The highest BCUT2D eigenvalue weighted by atomic mass is 16.2. The lowest BCUT2D eigenvalue weighted by Gasteiger charge is -2.30. The summed E-state index contributed by atoms with van der Waals surface area (Å²) in [6.07, 6.45) is 0.979. The zero-order valence-corrected chi connectivity index (χ0v) is 15.6. The monoisotopic (exact) mass is 358 g/mol. The van der Waals surface area contributed by atoms with E-state index in [2.05, 4.69) is 39.1 Å². The average Bonchev–Trinajstić information content (AvgIpc) is 2.72. The Kier molecular flexibility index (Phi) is 4.59. The molecule has 1 aliphatic heterocycles. The molecule has 0 unspecified atom stereocenters. The van der Waals surface area contributed by atoms with Crippen LogP contribution in [0.2, 0.25) is 0 Å². The van der Waals surface area contributed by atoms with E-state index in [0.29, 0.717) is 11.5 Å². The topological polar surface area (TPSA) is 49.3 Å². The summed E-state index contributed by atoms with van der Waals surface area (Å²) in [6.45, 7) is 3.52. The second-order valence-corrected chi connectivity index (χ2v) is 6.80. The van der Waals surface area contributed by atoms with Crippen molar-refractivity contribution in [3.63, 3.8) is 0 Å². The SMILES string of the molecule is Cc1nc(C(=O)N(C)c2ccccc2)cc(N2CCc3ccccc3C2)n1. The fourth-order valence-electron chi connectivity index (χ4n) is 3.46. The molecule has 136 valence electrons. The minimum Gasteiger partial charge on any atom is -0.352 e. The summed E-state index contributed by atoms with van der Waals surface area (Å²) in [5.41, 5.74) is 3.96. The van der Waals surface area contributed by atoms with Crippen LogP contribution in [-0.4, -0.2) is 29.5 Å². The summed E-state index contributed by atoms with van der Waals surface area (Å²) in [4.78, 5) is 25.8. The molecule has 3 aromatic rings. The molecule has 0 spiro atoms. The van der Waals surface area contributed by atoms with Gasteiger partial charge in [-0.15, -0.1) is 0 Å². The van der Waals surface area contributed by atoms with E-state index in [1.807, 2.05) is 43.3 Å². The van der Waals surface area contributed by atoms with Gasteiger partial charge in [0.15, 0.2) is 0 Å². The molecule has 1 amide bonds. The Bertz CT molecular complexity index is 971. The molecule has 0 fully saturated rings. The van der Waals surface area contributed by atoms with Crippen molar-refractivity contribution in [2.24, 2.45) is 0 Å². The Labute approximate surface area is 159 Å². The third-order valence-corrected chi connectivity index (χ3v) is 4.95. The van der Waals surface area contributed by atoms with Crippen molar-refractivity contribution in [1.29, 1.82) is 0 Å². The van der Waals surface area contributed by atoms with Crippen LogP contribution >= 0.6 is 0 Å². The van der Waals surface area contributed by atoms with Crippen molar-refractivity contribution in [3.05, 3.63) is 83.3 Å². The van der Waals surface area contributed by atoms with Crippen LogP contribution in [0.1, 0.15) is 27.4 Å². The maximum Gasteiger partial charge on any atom is 0.276 e. The van der Waals surface area contributed by atoms with Crippen LogP contribution in [0.25, 0.3) is 0 Å². The molecular formula is C22H22N4O. The van der Waals surface area contributed by atoms with Crippen molar-refractivity contribution in [1.82, 2.24) is 9.97 Å². The maximum atomic E-state index is 12.9. The van der Waals surface area contributed by atoms with Crippen LogP contribution in [0, 0.1) is 6.92 Å². The summed E-state index contributed by atoms with van der Waals surface area (Å²) < 4.78 is 0. The number of benzene rings is 2. The van der Waals surface area contributed by atoms with Gasteiger partial charge in [0, 0.05) is 31.9 Å². The van der Waals surface area contributed by atoms with Crippen LogP contribution in [-0.2, 0) is 13.0 Å². The zero-order valence-electron chi connectivity index (χ0n) is 15.6. The first kappa shape index (κ1) is 17.2. The number of rotatable bonds is 3. The predicted octanol–water partition coefficient (Wildman–Crippen LogP) is 3.62. The molecule has 0 aliphatic carbocycles. The Hall–Kier alpha value is -3.21. The van der Waals surface area contributed by atoms with E-state index < -0.39 is 0 Å². The first-order valence-electron chi connectivity index (χ1n) is 9.12. The van der Waals surface area contributed by atoms with Gasteiger partial charge in [-0.1, -0.05) is 42.5 Å². The van der Waals surface area contributed by atoms with Gasteiger partial charge in [-0.2, -0.15) is 0 Å². The predicted molar refractivity (Wildman–Crippen MR) is 107 cm³/mol. The molecule has 5 nitrogen and oxygen atoms in total. The van der Waals surface area contributed by atoms with E-state index in [4.69, 9.17) is 0 Å².